The first kappa shape index (κ1) is 41.6. The molecule has 0 saturated heterocycles. The molecule has 1 aromatic carbocycles. The number of hydrogen-bond acceptors (Lipinski definition) is 9. The number of nitrogens with zero attached hydrogens (tertiary/aromatic N) is 3. The van der Waals surface area contributed by atoms with E-state index in [-0.39, 0.29) is 38.1 Å². The maximum Gasteiger partial charge on any atom is 0.243 e. The van der Waals surface area contributed by atoms with Crippen molar-refractivity contribution in [3.8, 4) is 12.3 Å². The normalized spacial score (nSPS) is 17.1. The van der Waals surface area contributed by atoms with E-state index in [1.165, 1.54) is 22.7 Å². The van der Waals surface area contributed by atoms with Crippen LogP contribution in [0.25, 0.3) is 0 Å². The summed E-state index contributed by atoms with van der Waals surface area (Å²) in [5, 5.41) is 29.6. The zero-order valence-corrected chi connectivity index (χ0v) is 31.5. The molecule has 278 valence electrons. The number of hydrogen-bond donors (Lipinski definition) is 4. The molecule has 5 atom stereocenters. The molecule has 0 aliphatic heterocycles. The second-order valence-electron chi connectivity index (χ2n) is 13.4. The number of nitrogens with one attached hydrogen (secondary N) is 2. The lowest BCUT2D eigenvalue weighted by Crippen LogP contribution is -2.56. The van der Waals surface area contributed by atoms with Crippen LogP contribution in [-0.2, 0) is 32.5 Å². The number of aliphatic hydroxyl groups is 2. The molecule has 2 unspecified atom stereocenters. The Hall–Kier alpha value is -2.86. The third kappa shape index (κ3) is 13.7. The molecule has 1 fully saturated rings. The maximum atomic E-state index is 14.1. The lowest BCUT2D eigenvalue weighted by Gasteiger charge is -2.33. The lowest BCUT2D eigenvalue weighted by molar-refractivity contribution is -0.132. The summed E-state index contributed by atoms with van der Waals surface area (Å²) in [6.07, 6.45) is 9.41. The SMILES string of the molecule is C#CCC[C@H](O)[C@H](O)C(CC1CCCCC1)NC(=O)[C@H](Cc1cscn1)NC(=O)C(Cc1ccccc1)CS(=O)(=O)N(C)CCN(CC)CC. The number of amides is 2. The van der Waals surface area contributed by atoms with Crippen LogP contribution in [0.1, 0.15) is 76.5 Å². The van der Waals surface area contributed by atoms with E-state index in [4.69, 9.17) is 6.42 Å². The fraction of sp³-hybridized carbons (Fsp3) is 0.649. The first-order valence-electron chi connectivity index (χ1n) is 17.9. The van der Waals surface area contributed by atoms with E-state index >= 15 is 0 Å². The highest BCUT2D eigenvalue weighted by molar-refractivity contribution is 7.89. The molecule has 3 rings (SSSR count). The molecule has 0 radical (unpaired) electrons. The van der Waals surface area contributed by atoms with E-state index in [2.05, 4.69) is 26.4 Å². The fourth-order valence-electron chi connectivity index (χ4n) is 6.53. The highest BCUT2D eigenvalue weighted by Crippen LogP contribution is 2.29. The quantitative estimate of drug-likeness (QED) is 0.135. The Labute approximate surface area is 303 Å². The predicted molar refractivity (Wildman–Crippen MR) is 199 cm³/mol. The van der Waals surface area contributed by atoms with Gasteiger partial charge >= 0.3 is 0 Å². The van der Waals surface area contributed by atoms with Crippen LogP contribution in [0.2, 0.25) is 0 Å². The first-order chi connectivity index (χ1) is 24.0. The molecule has 50 heavy (non-hydrogen) atoms. The Morgan fingerprint density at radius 3 is 2.36 bits per heavy atom. The minimum absolute atomic E-state index is 0.0710. The molecule has 1 heterocycles. The van der Waals surface area contributed by atoms with Crippen molar-refractivity contribution in [3.63, 3.8) is 0 Å². The van der Waals surface area contributed by atoms with Gasteiger partial charge in [-0.05, 0) is 43.8 Å². The molecule has 1 aromatic heterocycles. The summed E-state index contributed by atoms with van der Waals surface area (Å²) >= 11 is 1.36. The van der Waals surface area contributed by atoms with Gasteiger partial charge < -0.3 is 25.7 Å². The van der Waals surface area contributed by atoms with Crippen molar-refractivity contribution in [1.29, 1.82) is 0 Å². The van der Waals surface area contributed by atoms with Gasteiger partial charge in [-0.1, -0.05) is 76.3 Å². The summed E-state index contributed by atoms with van der Waals surface area (Å²) in [7, 11) is -2.31. The van der Waals surface area contributed by atoms with E-state index in [1.54, 1.807) is 10.9 Å². The number of carbonyl (C=O) groups excluding carboxylic acids is 2. The molecule has 0 bridgehead atoms. The molecule has 1 aliphatic carbocycles. The average molecular weight is 732 g/mol. The minimum Gasteiger partial charge on any atom is -0.390 e. The largest absolute Gasteiger partial charge is 0.390 e. The van der Waals surface area contributed by atoms with E-state index in [1.807, 2.05) is 44.2 Å². The summed E-state index contributed by atoms with van der Waals surface area (Å²) in [6.45, 7) is 6.51. The van der Waals surface area contributed by atoms with E-state index < -0.39 is 57.8 Å². The monoisotopic (exact) mass is 731 g/mol. The predicted octanol–water partition coefficient (Wildman–Crippen LogP) is 3.22. The molecule has 4 N–H and O–H groups in total. The van der Waals surface area contributed by atoms with Gasteiger partial charge in [0.1, 0.15) is 12.1 Å². The smallest absolute Gasteiger partial charge is 0.243 e. The molecular weight excluding hydrogens is 675 g/mol. The molecular formula is C37H57N5O6S2. The number of sulfonamides is 1. The van der Waals surface area contributed by atoms with Gasteiger partial charge in [0.15, 0.2) is 0 Å². The molecule has 2 aromatic rings. The molecule has 0 spiro atoms. The highest BCUT2D eigenvalue weighted by atomic mass is 32.2. The summed E-state index contributed by atoms with van der Waals surface area (Å²) < 4.78 is 28.6. The highest BCUT2D eigenvalue weighted by Gasteiger charge is 2.35. The number of likely N-dealkylation sites (N-methyl/N-ethyl adjacent to an activating group) is 2. The Balaban J connectivity index is 1.86. The second kappa shape index (κ2) is 21.5. The van der Waals surface area contributed by atoms with Gasteiger partial charge in [0.25, 0.3) is 0 Å². The van der Waals surface area contributed by atoms with Crippen molar-refractivity contribution in [2.24, 2.45) is 11.8 Å². The number of terminal acetylenes is 1. The van der Waals surface area contributed by atoms with Gasteiger partial charge in [-0.15, -0.1) is 23.7 Å². The van der Waals surface area contributed by atoms with Crippen LogP contribution in [0.15, 0.2) is 41.2 Å². The minimum atomic E-state index is -3.85. The van der Waals surface area contributed by atoms with E-state index in [0.717, 1.165) is 50.8 Å². The van der Waals surface area contributed by atoms with Crippen molar-refractivity contribution < 1.29 is 28.2 Å². The van der Waals surface area contributed by atoms with E-state index in [0.29, 0.717) is 18.7 Å². The van der Waals surface area contributed by atoms with Crippen molar-refractivity contribution in [2.75, 3.05) is 39.0 Å². The van der Waals surface area contributed by atoms with Crippen molar-refractivity contribution in [3.05, 3.63) is 52.5 Å². The average Bonchev–Trinajstić information content (AvgIpc) is 3.63. The third-order valence-corrected chi connectivity index (χ3v) is 12.4. The second-order valence-corrected chi connectivity index (χ2v) is 16.3. The van der Waals surface area contributed by atoms with Crippen LogP contribution in [0, 0.1) is 24.2 Å². The van der Waals surface area contributed by atoms with Gasteiger partial charge in [-0.3, -0.25) is 9.59 Å². The molecule has 1 saturated carbocycles. The molecule has 11 nitrogen and oxygen atoms in total. The van der Waals surface area contributed by atoms with Gasteiger partial charge in [0.2, 0.25) is 21.8 Å². The Kier molecular flexibility index (Phi) is 17.9. The van der Waals surface area contributed by atoms with Crippen LogP contribution in [0.5, 0.6) is 0 Å². The number of rotatable bonds is 22. The first-order valence-corrected chi connectivity index (χ1v) is 20.5. The van der Waals surface area contributed by atoms with Crippen molar-refractivity contribution >= 4 is 33.2 Å². The summed E-state index contributed by atoms with van der Waals surface area (Å²) in [5.41, 5.74) is 3.03. The fourth-order valence-corrected chi connectivity index (χ4v) is 8.50. The molecule has 1 aliphatic rings. The van der Waals surface area contributed by atoms with Gasteiger partial charge in [0, 0.05) is 38.4 Å². The van der Waals surface area contributed by atoms with Gasteiger partial charge in [-0.25, -0.2) is 17.7 Å². The summed E-state index contributed by atoms with van der Waals surface area (Å²) in [5.74, 6) is 0.239. The van der Waals surface area contributed by atoms with Crippen LogP contribution >= 0.6 is 11.3 Å². The number of carbonyl (C=O) groups is 2. The number of aliphatic hydroxyl groups excluding tert-OH is 2. The topological polar surface area (TPSA) is 152 Å². The Morgan fingerprint density at radius 1 is 1.04 bits per heavy atom. The zero-order chi connectivity index (χ0) is 36.5. The summed E-state index contributed by atoms with van der Waals surface area (Å²) in [4.78, 5) is 34.6. The van der Waals surface area contributed by atoms with Crippen molar-refractivity contribution in [1.82, 2.24) is 24.8 Å². The standard InChI is InChI=1S/C37H57N5O6S2/c1-5-8-19-34(43)35(44)32(23-29-17-13-10-14-18-29)39-37(46)33(24-31-25-49-27-38-31)40-36(45)30(22-28-15-11-9-12-16-28)26-50(47,48)41(4)20-21-42(6-2)7-3/h1,9,11-12,15-16,25,27,29-30,32-35,43-44H,6-8,10,13-14,17-24,26H2,2-4H3,(H,39,46)(H,40,45)/t30?,32?,33-,34-,35+/m0/s1. The third-order valence-electron chi connectivity index (χ3n) is 9.77. The number of thiazole rings is 1. The molecule has 2 amide bonds. The summed E-state index contributed by atoms with van der Waals surface area (Å²) in [6, 6.07) is 7.35. The van der Waals surface area contributed by atoms with Crippen LogP contribution in [0.4, 0.5) is 0 Å². The van der Waals surface area contributed by atoms with Gasteiger partial charge in [-0.2, -0.15) is 0 Å². The maximum absolute atomic E-state index is 14.1. The Bertz CT molecular complexity index is 1430. The Morgan fingerprint density at radius 2 is 1.74 bits per heavy atom. The van der Waals surface area contributed by atoms with E-state index in [9.17, 15) is 28.2 Å². The van der Waals surface area contributed by atoms with Crippen LogP contribution in [-0.4, -0.2) is 108 Å². The lowest BCUT2D eigenvalue weighted by atomic mass is 9.82. The molecule has 13 heteroatoms. The zero-order valence-electron chi connectivity index (χ0n) is 29.9. The van der Waals surface area contributed by atoms with Gasteiger partial charge in [0.05, 0.1) is 35.0 Å². The van der Waals surface area contributed by atoms with Crippen LogP contribution in [0.3, 0.4) is 0 Å². The van der Waals surface area contributed by atoms with Crippen molar-refractivity contribution in [2.45, 2.75) is 102 Å². The number of benzene rings is 1. The van der Waals surface area contributed by atoms with Crippen LogP contribution < -0.4 is 10.6 Å². The number of aromatic nitrogens is 1.